The Labute approximate surface area is 198 Å². The van der Waals surface area contributed by atoms with Crippen molar-refractivity contribution in [3.05, 3.63) is 59.1 Å². The number of piperidine rings is 1. The molecule has 0 N–H and O–H groups in total. The lowest BCUT2D eigenvalue weighted by Crippen LogP contribution is -2.40. The van der Waals surface area contributed by atoms with E-state index in [0.717, 1.165) is 16.9 Å². The Morgan fingerprint density at radius 1 is 1.15 bits per heavy atom. The van der Waals surface area contributed by atoms with Gasteiger partial charge in [-0.15, -0.1) is 11.3 Å². The second-order valence-electron chi connectivity index (χ2n) is 8.92. The Kier molecular flexibility index (Phi) is 6.48. The molecule has 0 aliphatic carbocycles. The normalized spacial score (nSPS) is 20.1. The van der Waals surface area contributed by atoms with Crippen LogP contribution in [0.3, 0.4) is 0 Å². The third kappa shape index (κ3) is 4.49. The highest BCUT2D eigenvalue weighted by Crippen LogP contribution is 2.46. The van der Waals surface area contributed by atoms with Crippen molar-refractivity contribution in [2.24, 2.45) is 5.92 Å². The summed E-state index contributed by atoms with van der Waals surface area (Å²) in [6.45, 7) is 4.33. The van der Waals surface area contributed by atoms with Gasteiger partial charge in [0.25, 0.3) is 10.0 Å². The predicted octanol–water partition coefficient (Wildman–Crippen LogP) is 3.57. The lowest BCUT2D eigenvalue weighted by atomic mass is 9.83. The highest BCUT2D eigenvalue weighted by molar-refractivity contribution is 7.91. The summed E-state index contributed by atoms with van der Waals surface area (Å²) in [5.41, 5.74) is 2.73. The van der Waals surface area contributed by atoms with Gasteiger partial charge in [-0.25, -0.2) is 8.42 Å². The molecular formula is C24H28N2O5S2. The number of ether oxygens (including phenoxy) is 1. The summed E-state index contributed by atoms with van der Waals surface area (Å²) in [6, 6.07) is 11.3. The fourth-order valence-corrected chi connectivity index (χ4v) is 7.20. The molecule has 2 aliphatic heterocycles. The highest BCUT2D eigenvalue weighted by atomic mass is 32.2. The van der Waals surface area contributed by atoms with Crippen LogP contribution in [0.25, 0.3) is 0 Å². The molecule has 0 atom stereocenters. The fourth-order valence-electron chi connectivity index (χ4n) is 4.58. The molecule has 1 aromatic carbocycles. The van der Waals surface area contributed by atoms with E-state index in [9.17, 15) is 18.0 Å². The Morgan fingerprint density at radius 2 is 1.85 bits per heavy atom. The maximum absolute atomic E-state index is 12.6. The van der Waals surface area contributed by atoms with Crippen LogP contribution >= 0.6 is 11.3 Å². The molecule has 0 radical (unpaired) electrons. The van der Waals surface area contributed by atoms with Gasteiger partial charge in [-0.05, 0) is 35.9 Å². The van der Waals surface area contributed by atoms with E-state index in [1.54, 1.807) is 23.6 Å². The molecule has 0 spiro atoms. The summed E-state index contributed by atoms with van der Waals surface area (Å²) in [5.74, 6) is -1.13. The van der Waals surface area contributed by atoms with E-state index in [4.69, 9.17) is 4.74 Å². The van der Waals surface area contributed by atoms with Crippen molar-refractivity contribution >= 4 is 38.8 Å². The molecule has 2 aromatic rings. The summed E-state index contributed by atoms with van der Waals surface area (Å²) >= 11 is 1.18. The van der Waals surface area contributed by atoms with E-state index in [2.05, 4.69) is 19.9 Å². The van der Waals surface area contributed by atoms with Gasteiger partial charge in [-0.1, -0.05) is 38.1 Å². The molecule has 0 bridgehead atoms. The zero-order chi connectivity index (χ0) is 23.8. The standard InChI is InChI=1S/C24H28N2O5S2/c1-24(2)19-7-4-5-8-20(19)25(3)21(24)15-18(27)16-31-23(28)17-10-12-26(13-11-17)33(29,30)22-9-6-14-32-22/h4-9,14-15,17H,10-13,16H2,1-3H3. The van der Waals surface area contributed by atoms with Crippen LogP contribution in [0.2, 0.25) is 0 Å². The summed E-state index contributed by atoms with van der Waals surface area (Å²) < 4.78 is 32.3. The second kappa shape index (κ2) is 9.04. The van der Waals surface area contributed by atoms with Gasteiger partial charge in [0.2, 0.25) is 0 Å². The zero-order valence-corrected chi connectivity index (χ0v) is 20.6. The van der Waals surface area contributed by atoms with Crippen LogP contribution in [0.4, 0.5) is 5.69 Å². The number of anilines is 1. The van der Waals surface area contributed by atoms with E-state index in [1.807, 2.05) is 30.1 Å². The Balaban J connectivity index is 1.32. The molecule has 0 amide bonds. The van der Waals surface area contributed by atoms with Crippen LogP contribution in [-0.4, -0.2) is 51.2 Å². The first-order chi connectivity index (χ1) is 15.6. The lowest BCUT2D eigenvalue weighted by molar-refractivity contribution is -0.152. The monoisotopic (exact) mass is 488 g/mol. The molecule has 4 rings (SSSR count). The van der Waals surface area contributed by atoms with Gasteiger partial charge in [-0.2, -0.15) is 4.31 Å². The van der Waals surface area contributed by atoms with Crippen molar-refractivity contribution < 1.29 is 22.7 Å². The molecule has 176 valence electrons. The van der Waals surface area contributed by atoms with Gasteiger partial charge in [0.15, 0.2) is 12.4 Å². The van der Waals surface area contributed by atoms with Crippen LogP contribution in [0.1, 0.15) is 32.3 Å². The number of rotatable bonds is 6. The number of esters is 1. The molecule has 2 aliphatic rings. The molecule has 33 heavy (non-hydrogen) atoms. The number of ketones is 1. The number of likely N-dealkylation sites (N-methyl/N-ethyl adjacent to an activating group) is 1. The van der Waals surface area contributed by atoms with Gasteiger partial charge in [0, 0.05) is 43.0 Å². The first-order valence-corrected chi connectivity index (χ1v) is 13.2. The number of sulfonamides is 1. The Hall–Kier alpha value is -2.49. The molecule has 1 saturated heterocycles. The summed E-state index contributed by atoms with van der Waals surface area (Å²) in [5, 5.41) is 1.73. The van der Waals surface area contributed by atoms with Crippen molar-refractivity contribution in [3.63, 3.8) is 0 Å². The minimum atomic E-state index is -3.51. The quantitative estimate of drug-likeness (QED) is 0.457. The number of hydrogen-bond donors (Lipinski definition) is 0. The minimum absolute atomic E-state index is 0.259. The van der Waals surface area contributed by atoms with E-state index in [1.165, 1.54) is 15.6 Å². The second-order valence-corrected chi connectivity index (χ2v) is 12.0. The predicted molar refractivity (Wildman–Crippen MR) is 128 cm³/mol. The molecular weight excluding hydrogens is 460 g/mol. The Morgan fingerprint density at radius 3 is 2.48 bits per heavy atom. The number of benzene rings is 1. The van der Waals surface area contributed by atoms with Gasteiger partial charge >= 0.3 is 5.97 Å². The largest absolute Gasteiger partial charge is 0.457 e. The number of thiophene rings is 1. The summed E-state index contributed by atoms with van der Waals surface area (Å²) in [7, 11) is -1.59. The maximum atomic E-state index is 12.6. The number of fused-ring (bicyclic) bond motifs is 1. The average Bonchev–Trinajstić information content (AvgIpc) is 3.41. The maximum Gasteiger partial charge on any atom is 0.309 e. The number of nitrogens with zero attached hydrogens (tertiary/aromatic N) is 2. The molecule has 0 saturated carbocycles. The van der Waals surface area contributed by atoms with Crippen LogP contribution in [-0.2, 0) is 29.8 Å². The topological polar surface area (TPSA) is 84.0 Å². The molecule has 1 aromatic heterocycles. The van der Waals surface area contributed by atoms with E-state index < -0.39 is 21.9 Å². The van der Waals surface area contributed by atoms with Gasteiger partial charge < -0.3 is 9.64 Å². The molecule has 7 nitrogen and oxygen atoms in total. The van der Waals surface area contributed by atoms with Crippen molar-refractivity contribution in [1.82, 2.24) is 4.31 Å². The summed E-state index contributed by atoms with van der Waals surface area (Å²) in [4.78, 5) is 27.1. The van der Waals surface area contributed by atoms with E-state index >= 15 is 0 Å². The van der Waals surface area contributed by atoms with Crippen molar-refractivity contribution in [2.45, 2.75) is 36.3 Å². The first-order valence-electron chi connectivity index (χ1n) is 10.9. The number of hydrogen-bond acceptors (Lipinski definition) is 7. The third-order valence-corrected chi connectivity index (χ3v) is 9.74. The van der Waals surface area contributed by atoms with Crippen LogP contribution < -0.4 is 4.90 Å². The third-order valence-electron chi connectivity index (χ3n) is 6.47. The number of carbonyl (C=O) groups excluding carboxylic acids is 2. The molecule has 1 fully saturated rings. The number of allylic oxidation sites excluding steroid dienone is 1. The van der Waals surface area contributed by atoms with Gasteiger partial charge in [0.1, 0.15) is 4.21 Å². The number of carbonyl (C=O) groups is 2. The molecule has 9 heteroatoms. The SMILES string of the molecule is CN1C(=CC(=O)COC(=O)C2CCN(S(=O)(=O)c3cccs3)CC2)C(C)(C)c2ccccc21. The van der Waals surface area contributed by atoms with E-state index in [0.29, 0.717) is 17.1 Å². The molecule has 0 unspecified atom stereocenters. The van der Waals surface area contributed by atoms with Crippen LogP contribution in [0, 0.1) is 5.92 Å². The van der Waals surface area contributed by atoms with Crippen molar-refractivity contribution in [1.29, 1.82) is 0 Å². The number of para-hydroxylation sites is 1. The fraction of sp³-hybridized carbons (Fsp3) is 0.417. The average molecular weight is 489 g/mol. The van der Waals surface area contributed by atoms with Crippen molar-refractivity contribution in [2.75, 3.05) is 31.6 Å². The first kappa shape index (κ1) is 23.7. The van der Waals surface area contributed by atoms with Crippen LogP contribution in [0.5, 0.6) is 0 Å². The minimum Gasteiger partial charge on any atom is -0.457 e. The van der Waals surface area contributed by atoms with E-state index in [-0.39, 0.29) is 30.9 Å². The zero-order valence-electron chi connectivity index (χ0n) is 19.0. The smallest absolute Gasteiger partial charge is 0.309 e. The van der Waals surface area contributed by atoms with Gasteiger partial charge in [0.05, 0.1) is 5.92 Å². The molecule has 3 heterocycles. The van der Waals surface area contributed by atoms with Crippen LogP contribution in [0.15, 0.2) is 57.8 Å². The van der Waals surface area contributed by atoms with Crippen molar-refractivity contribution in [3.8, 4) is 0 Å². The van der Waals surface area contributed by atoms with Gasteiger partial charge in [-0.3, -0.25) is 9.59 Å². The summed E-state index contributed by atoms with van der Waals surface area (Å²) in [6.07, 6.45) is 2.32. The highest BCUT2D eigenvalue weighted by Gasteiger charge is 2.39. The lowest BCUT2D eigenvalue weighted by Gasteiger charge is -2.29. The Bertz CT molecular complexity index is 1180.